The van der Waals surface area contributed by atoms with Crippen molar-refractivity contribution in [2.45, 2.75) is 18.0 Å². The van der Waals surface area contributed by atoms with Gasteiger partial charge in [-0.05, 0) is 23.3 Å². The number of aliphatic hydroxyl groups excluding tert-OH is 1. The van der Waals surface area contributed by atoms with Gasteiger partial charge in [-0.1, -0.05) is 36.4 Å². The summed E-state index contributed by atoms with van der Waals surface area (Å²) in [6, 6.07) is 12.1. The van der Waals surface area contributed by atoms with Crippen molar-refractivity contribution in [3.63, 3.8) is 0 Å². The quantitative estimate of drug-likeness (QED) is 0.884. The highest BCUT2D eigenvalue weighted by Gasteiger charge is 2.18. The first-order chi connectivity index (χ1) is 9.54. The Kier molecular flexibility index (Phi) is 4.49. The minimum Gasteiger partial charge on any atom is -0.392 e. The second kappa shape index (κ2) is 6.13. The van der Waals surface area contributed by atoms with E-state index in [4.69, 9.17) is 0 Å². The minimum atomic E-state index is -3.92. The summed E-state index contributed by atoms with van der Waals surface area (Å²) < 4.78 is 39.9. The first-order valence-corrected chi connectivity index (χ1v) is 7.45. The van der Waals surface area contributed by atoms with Crippen molar-refractivity contribution < 1.29 is 17.9 Å². The van der Waals surface area contributed by atoms with Gasteiger partial charge >= 0.3 is 0 Å². The van der Waals surface area contributed by atoms with Crippen LogP contribution in [0.15, 0.2) is 53.4 Å². The van der Waals surface area contributed by atoms with Crippen LogP contribution in [-0.2, 0) is 23.2 Å². The van der Waals surface area contributed by atoms with Crippen LogP contribution in [0.4, 0.5) is 4.39 Å². The summed E-state index contributed by atoms with van der Waals surface area (Å²) in [5.41, 5.74) is 1.28. The van der Waals surface area contributed by atoms with E-state index in [0.29, 0.717) is 11.1 Å². The van der Waals surface area contributed by atoms with Crippen LogP contribution in [0, 0.1) is 5.82 Å². The van der Waals surface area contributed by atoms with E-state index in [1.165, 1.54) is 18.2 Å². The molecule has 20 heavy (non-hydrogen) atoms. The molecule has 2 rings (SSSR count). The van der Waals surface area contributed by atoms with E-state index in [1.54, 1.807) is 24.3 Å². The van der Waals surface area contributed by atoms with Gasteiger partial charge in [-0.25, -0.2) is 17.5 Å². The molecule has 0 aromatic heterocycles. The highest BCUT2D eigenvalue weighted by Crippen LogP contribution is 2.15. The number of hydrogen-bond donors (Lipinski definition) is 2. The highest BCUT2D eigenvalue weighted by atomic mass is 32.2. The summed E-state index contributed by atoms with van der Waals surface area (Å²) in [5.74, 6) is -0.796. The molecule has 6 heteroatoms. The molecule has 0 radical (unpaired) electrons. The first-order valence-electron chi connectivity index (χ1n) is 5.96. The predicted octanol–water partition coefficient (Wildman–Crippen LogP) is 1.80. The molecule has 0 heterocycles. The molecule has 0 saturated heterocycles. The Morgan fingerprint density at radius 1 is 1.00 bits per heavy atom. The molecule has 0 bridgehead atoms. The maximum Gasteiger partial charge on any atom is 0.243 e. The summed E-state index contributed by atoms with van der Waals surface area (Å²) in [4.78, 5) is -0.388. The fourth-order valence-corrected chi connectivity index (χ4v) is 2.88. The van der Waals surface area contributed by atoms with Gasteiger partial charge in [0.25, 0.3) is 0 Å². The molecule has 2 N–H and O–H groups in total. The van der Waals surface area contributed by atoms with E-state index < -0.39 is 15.8 Å². The molecule has 2 aromatic rings. The molecule has 0 spiro atoms. The van der Waals surface area contributed by atoms with E-state index in [-0.39, 0.29) is 18.0 Å². The van der Waals surface area contributed by atoms with E-state index in [1.807, 2.05) is 0 Å². The summed E-state index contributed by atoms with van der Waals surface area (Å²) >= 11 is 0. The lowest BCUT2D eigenvalue weighted by atomic mass is 10.1. The molecule has 0 atom stereocenters. The molecule has 0 amide bonds. The second-order valence-corrected chi connectivity index (χ2v) is 5.92. The number of halogens is 1. The lowest BCUT2D eigenvalue weighted by molar-refractivity contribution is 0.280. The molecule has 0 aliphatic heterocycles. The third kappa shape index (κ3) is 3.22. The molecular formula is C14H14FNO3S. The summed E-state index contributed by atoms with van der Waals surface area (Å²) in [6.45, 7) is -0.189. The Labute approximate surface area is 116 Å². The maximum absolute atomic E-state index is 13.5. The Morgan fingerprint density at radius 2 is 1.60 bits per heavy atom. The number of nitrogens with one attached hydrogen (secondary N) is 1. The molecule has 0 saturated carbocycles. The van der Waals surface area contributed by atoms with Crippen molar-refractivity contribution in [1.29, 1.82) is 0 Å². The van der Waals surface area contributed by atoms with E-state index in [9.17, 15) is 17.9 Å². The minimum absolute atomic E-state index is 0.00655. The average molecular weight is 295 g/mol. The van der Waals surface area contributed by atoms with Crippen LogP contribution in [-0.4, -0.2) is 13.5 Å². The van der Waals surface area contributed by atoms with Gasteiger partial charge in [0.1, 0.15) is 10.7 Å². The number of hydrogen-bond acceptors (Lipinski definition) is 3. The summed E-state index contributed by atoms with van der Waals surface area (Å²) in [6.07, 6.45) is 0. The van der Waals surface area contributed by atoms with Crippen molar-refractivity contribution >= 4 is 10.0 Å². The Morgan fingerprint density at radius 3 is 2.25 bits per heavy atom. The Bertz CT molecular complexity index is 701. The molecule has 4 nitrogen and oxygen atoms in total. The molecule has 2 aromatic carbocycles. The van der Waals surface area contributed by atoms with E-state index in [0.717, 1.165) is 6.07 Å². The van der Waals surface area contributed by atoms with Crippen molar-refractivity contribution in [2.75, 3.05) is 0 Å². The normalized spacial score (nSPS) is 11.5. The molecule has 0 aliphatic rings. The molecule has 0 fully saturated rings. The van der Waals surface area contributed by atoms with Crippen LogP contribution in [0.1, 0.15) is 11.1 Å². The highest BCUT2D eigenvalue weighted by molar-refractivity contribution is 7.89. The molecule has 0 aliphatic carbocycles. The van der Waals surface area contributed by atoms with Crippen LogP contribution in [0.3, 0.4) is 0 Å². The van der Waals surface area contributed by atoms with Gasteiger partial charge in [-0.3, -0.25) is 0 Å². The van der Waals surface area contributed by atoms with Gasteiger partial charge in [0.2, 0.25) is 10.0 Å². The largest absolute Gasteiger partial charge is 0.392 e. The van der Waals surface area contributed by atoms with E-state index in [2.05, 4.69) is 4.72 Å². The molecule has 0 unspecified atom stereocenters. The van der Waals surface area contributed by atoms with Crippen LogP contribution < -0.4 is 4.72 Å². The zero-order valence-electron chi connectivity index (χ0n) is 10.6. The van der Waals surface area contributed by atoms with Gasteiger partial charge < -0.3 is 5.11 Å². The maximum atomic E-state index is 13.5. The van der Waals surface area contributed by atoms with Gasteiger partial charge in [0.15, 0.2) is 0 Å². The molecule has 106 valence electrons. The predicted molar refractivity (Wildman–Crippen MR) is 72.8 cm³/mol. The van der Waals surface area contributed by atoms with Crippen LogP contribution in [0.2, 0.25) is 0 Å². The van der Waals surface area contributed by atoms with Gasteiger partial charge in [-0.2, -0.15) is 0 Å². The third-order valence-electron chi connectivity index (χ3n) is 2.87. The van der Waals surface area contributed by atoms with Gasteiger partial charge in [0, 0.05) is 6.54 Å². The Balaban J connectivity index is 2.20. The Hall–Kier alpha value is -1.76. The number of rotatable bonds is 5. The van der Waals surface area contributed by atoms with Gasteiger partial charge in [0.05, 0.1) is 6.61 Å². The van der Waals surface area contributed by atoms with Gasteiger partial charge in [-0.15, -0.1) is 0 Å². The first kappa shape index (κ1) is 14.6. The zero-order valence-corrected chi connectivity index (χ0v) is 11.4. The number of benzene rings is 2. The van der Waals surface area contributed by atoms with Crippen LogP contribution in [0.25, 0.3) is 0 Å². The number of sulfonamides is 1. The van der Waals surface area contributed by atoms with E-state index >= 15 is 0 Å². The topological polar surface area (TPSA) is 66.4 Å². The molecular weight excluding hydrogens is 281 g/mol. The second-order valence-electron chi connectivity index (χ2n) is 4.18. The van der Waals surface area contributed by atoms with Crippen molar-refractivity contribution in [3.8, 4) is 0 Å². The fourth-order valence-electron chi connectivity index (χ4n) is 1.80. The SMILES string of the molecule is O=S(=O)(NCc1ccccc1CO)c1ccccc1F. The van der Waals surface area contributed by atoms with Crippen molar-refractivity contribution in [3.05, 3.63) is 65.5 Å². The van der Waals surface area contributed by atoms with Crippen LogP contribution >= 0.6 is 0 Å². The lowest BCUT2D eigenvalue weighted by Gasteiger charge is -2.10. The van der Waals surface area contributed by atoms with Crippen LogP contribution in [0.5, 0.6) is 0 Å². The number of aliphatic hydroxyl groups is 1. The zero-order chi connectivity index (χ0) is 14.6. The standard InChI is InChI=1S/C14H14FNO3S/c15-13-7-3-4-8-14(13)20(18,19)16-9-11-5-1-2-6-12(11)10-17/h1-8,16-17H,9-10H2. The summed E-state index contributed by atoms with van der Waals surface area (Å²) in [5, 5.41) is 9.17. The monoisotopic (exact) mass is 295 g/mol. The van der Waals surface area contributed by atoms with Crippen molar-refractivity contribution in [1.82, 2.24) is 4.72 Å². The average Bonchev–Trinajstić information content (AvgIpc) is 2.46. The lowest BCUT2D eigenvalue weighted by Crippen LogP contribution is -2.24. The smallest absolute Gasteiger partial charge is 0.243 e. The fraction of sp³-hybridized carbons (Fsp3) is 0.143. The summed E-state index contributed by atoms with van der Waals surface area (Å²) in [7, 11) is -3.92. The van der Waals surface area contributed by atoms with Crippen molar-refractivity contribution in [2.24, 2.45) is 0 Å². The third-order valence-corrected chi connectivity index (χ3v) is 4.30.